The number of nitrogens with zero attached hydrogens (tertiary/aromatic N) is 1. The first kappa shape index (κ1) is 18.6. The Morgan fingerprint density at radius 2 is 1.62 bits per heavy atom. The Bertz CT molecular complexity index is 1050. The number of methoxy groups -OCH3 is 2. The normalized spacial score (nSPS) is 15.3. The molecule has 1 N–H and O–H groups in total. The number of nitrogens with one attached hydrogen (secondary N) is 1. The predicted molar refractivity (Wildman–Crippen MR) is 110 cm³/mol. The number of anilines is 2. The van der Waals surface area contributed by atoms with Crippen molar-refractivity contribution in [3.63, 3.8) is 0 Å². The highest BCUT2D eigenvalue weighted by molar-refractivity contribution is 6.12. The van der Waals surface area contributed by atoms with E-state index in [1.807, 2.05) is 54.6 Å². The van der Waals surface area contributed by atoms with Crippen molar-refractivity contribution in [2.24, 2.45) is 0 Å². The molecule has 146 valence electrons. The summed E-state index contributed by atoms with van der Waals surface area (Å²) in [6.07, 6.45) is -0.433. The van der Waals surface area contributed by atoms with Crippen molar-refractivity contribution in [3.05, 3.63) is 89.5 Å². The summed E-state index contributed by atoms with van der Waals surface area (Å²) in [5.41, 5.74) is 3.40. The average Bonchev–Trinajstić information content (AvgIpc) is 2.79. The zero-order valence-electron chi connectivity index (χ0n) is 16.1. The smallest absolute Gasteiger partial charge is 0.337 e. The van der Waals surface area contributed by atoms with Crippen molar-refractivity contribution < 1.29 is 19.1 Å². The molecule has 1 amide bonds. The zero-order valence-corrected chi connectivity index (χ0v) is 16.1. The van der Waals surface area contributed by atoms with Crippen molar-refractivity contribution in [2.75, 3.05) is 24.4 Å². The third-order valence-electron chi connectivity index (χ3n) is 4.92. The van der Waals surface area contributed by atoms with Crippen LogP contribution in [0.3, 0.4) is 0 Å². The van der Waals surface area contributed by atoms with Crippen molar-refractivity contribution >= 4 is 23.3 Å². The summed E-state index contributed by atoms with van der Waals surface area (Å²) in [7, 11) is 2.95. The highest BCUT2D eigenvalue weighted by Gasteiger charge is 2.34. The van der Waals surface area contributed by atoms with Crippen molar-refractivity contribution in [1.82, 2.24) is 0 Å². The maximum absolute atomic E-state index is 13.4. The average molecular weight is 388 g/mol. The summed E-state index contributed by atoms with van der Waals surface area (Å²) in [5, 5.41) is 3.44. The Labute approximate surface area is 168 Å². The number of carbonyl (C=O) groups is 2. The number of rotatable bonds is 4. The second-order valence-corrected chi connectivity index (χ2v) is 6.58. The van der Waals surface area contributed by atoms with Gasteiger partial charge < -0.3 is 14.8 Å². The molecule has 0 aromatic heterocycles. The minimum Gasteiger partial charge on any atom is -0.497 e. The van der Waals surface area contributed by atoms with E-state index in [2.05, 4.69) is 5.32 Å². The van der Waals surface area contributed by atoms with Crippen LogP contribution >= 0.6 is 0 Å². The Kier molecular flexibility index (Phi) is 4.91. The van der Waals surface area contributed by atoms with Crippen LogP contribution in [0.2, 0.25) is 0 Å². The first-order chi connectivity index (χ1) is 14.1. The molecule has 0 saturated heterocycles. The van der Waals surface area contributed by atoms with Gasteiger partial charge in [0.05, 0.1) is 25.3 Å². The van der Waals surface area contributed by atoms with Gasteiger partial charge in [0.25, 0.3) is 5.91 Å². The lowest BCUT2D eigenvalue weighted by atomic mass is 10.0. The van der Waals surface area contributed by atoms with Crippen LogP contribution in [0.5, 0.6) is 5.75 Å². The minimum atomic E-state index is -0.433. The topological polar surface area (TPSA) is 67.9 Å². The van der Waals surface area contributed by atoms with Gasteiger partial charge in [-0.15, -0.1) is 0 Å². The predicted octanol–water partition coefficient (Wildman–Crippen LogP) is 4.25. The second kappa shape index (κ2) is 7.67. The van der Waals surface area contributed by atoms with Gasteiger partial charge in [-0.05, 0) is 54.1 Å². The van der Waals surface area contributed by atoms with E-state index < -0.39 is 12.1 Å². The van der Waals surface area contributed by atoms with Crippen LogP contribution in [0.25, 0.3) is 0 Å². The monoisotopic (exact) mass is 388 g/mol. The van der Waals surface area contributed by atoms with E-state index in [1.54, 1.807) is 30.2 Å². The fraction of sp³-hybridized carbons (Fsp3) is 0.130. The minimum absolute atomic E-state index is 0.105. The van der Waals surface area contributed by atoms with Gasteiger partial charge in [0.1, 0.15) is 11.9 Å². The number of esters is 1. The van der Waals surface area contributed by atoms with E-state index in [9.17, 15) is 9.59 Å². The third-order valence-corrected chi connectivity index (χ3v) is 4.92. The molecule has 0 bridgehead atoms. The summed E-state index contributed by atoms with van der Waals surface area (Å²) in [4.78, 5) is 26.8. The largest absolute Gasteiger partial charge is 0.497 e. The van der Waals surface area contributed by atoms with E-state index in [0.29, 0.717) is 16.9 Å². The van der Waals surface area contributed by atoms with Gasteiger partial charge in [-0.25, -0.2) is 4.79 Å². The lowest BCUT2D eigenvalue weighted by Gasteiger charge is -2.38. The van der Waals surface area contributed by atoms with Crippen LogP contribution in [0, 0.1) is 0 Å². The fourth-order valence-corrected chi connectivity index (χ4v) is 3.42. The molecule has 0 unspecified atom stereocenters. The molecule has 3 aromatic carbocycles. The Hall–Kier alpha value is -3.80. The van der Waals surface area contributed by atoms with Gasteiger partial charge in [-0.1, -0.05) is 24.3 Å². The van der Waals surface area contributed by atoms with Gasteiger partial charge in [-0.2, -0.15) is 0 Å². The van der Waals surface area contributed by atoms with Crippen LogP contribution in [-0.2, 0) is 4.74 Å². The summed E-state index contributed by atoms with van der Waals surface area (Å²) in [6, 6.07) is 21.8. The van der Waals surface area contributed by atoms with Crippen LogP contribution in [0.15, 0.2) is 72.8 Å². The molecule has 0 aliphatic carbocycles. The van der Waals surface area contributed by atoms with Gasteiger partial charge >= 0.3 is 5.97 Å². The molecular formula is C23H20N2O4. The molecule has 3 aromatic rings. The Morgan fingerprint density at radius 1 is 0.931 bits per heavy atom. The molecular weight excluding hydrogens is 368 g/mol. The molecule has 1 aliphatic heterocycles. The standard InChI is InChI=1S/C23H20N2O4/c1-28-18-13-11-17(12-14-18)25-21(15-7-9-16(10-8-15)23(27)29-2)24-20-6-4-3-5-19(20)22(25)26/h3-14,21,24H,1-2H3/t21-/m1/s1. The zero-order chi connectivity index (χ0) is 20.4. The number of ether oxygens (including phenoxy) is 2. The lowest BCUT2D eigenvalue weighted by Crippen LogP contribution is -2.43. The van der Waals surface area contributed by atoms with Crippen molar-refractivity contribution in [1.29, 1.82) is 0 Å². The third kappa shape index (κ3) is 3.40. The molecule has 29 heavy (non-hydrogen) atoms. The van der Waals surface area contributed by atoms with E-state index in [1.165, 1.54) is 7.11 Å². The van der Waals surface area contributed by atoms with Crippen LogP contribution in [0.1, 0.15) is 32.4 Å². The molecule has 6 nitrogen and oxygen atoms in total. The highest BCUT2D eigenvalue weighted by Crippen LogP contribution is 2.37. The molecule has 6 heteroatoms. The molecule has 0 saturated carbocycles. The summed E-state index contributed by atoms with van der Waals surface area (Å²) >= 11 is 0. The van der Waals surface area contributed by atoms with Crippen LogP contribution < -0.4 is 15.0 Å². The number of benzene rings is 3. The van der Waals surface area contributed by atoms with E-state index in [4.69, 9.17) is 9.47 Å². The Morgan fingerprint density at radius 3 is 2.28 bits per heavy atom. The summed E-state index contributed by atoms with van der Waals surface area (Å²) in [6.45, 7) is 0. The van der Waals surface area contributed by atoms with E-state index >= 15 is 0 Å². The molecule has 4 rings (SSSR count). The Balaban J connectivity index is 1.78. The van der Waals surface area contributed by atoms with Crippen molar-refractivity contribution in [2.45, 2.75) is 6.17 Å². The summed E-state index contributed by atoms with van der Waals surface area (Å²) < 4.78 is 10.0. The number of amides is 1. The maximum Gasteiger partial charge on any atom is 0.337 e. The first-order valence-corrected chi connectivity index (χ1v) is 9.14. The number of hydrogen-bond donors (Lipinski definition) is 1. The van der Waals surface area contributed by atoms with Crippen molar-refractivity contribution in [3.8, 4) is 5.75 Å². The quantitative estimate of drug-likeness (QED) is 0.677. The van der Waals surface area contributed by atoms with Gasteiger partial charge in [-0.3, -0.25) is 9.69 Å². The molecule has 0 spiro atoms. The number of para-hydroxylation sites is 1. The number of fused-ring (bicyclic) bond motifs is 1. The lowest BCUT2D eigenvalue weighted by molar-refractivity contribution is 0.0600. The SMILES string of the molecule is COC(=O)c1ccc([C@@H]2Nc3ccccc3C(=O)N2c2ccc(OC)cc2)cc1. The molecule has 1 aliphatic rings. The van der Waals surface area contributed by atoms with Crippen LogP contribution in [0.4, 0.5) is 11.4 Å². The maximum atomic E-state index is 13.4. The van der Waals surface area contributed by atoms with Gasteiger partial charge in [0, 0.05) is 11.4 Å². The number of hydrogen-bond acceptors (Lipinski definition) is 5. The van der Waals surface area contributed by atoms with Gasteiger partial charge in [0.2, 0.25) is 0 Å². The second-order valence-electron chi connectivity index (χ2n) is 6.58. The highest BCUT2D eigenvalue weighted by atomic mass is 16.5. The number of carbonyl (C=O) groups excluding carboxylic acids is 2. The molecule has 1 atom stereocenters. The fourth-order valence-electron chi connectivity index (χ4n) is 3.42. The first-order valence-electron chi connectivity index (χ1n) is 9.14. The van der Waals surface area contributed by atoms with Crippen LogP contribution in [-0.4, -0.2) is 26.1 Å². The van der Waals surface area contributed by atoms with E-state index in [-0.39, 0.29) is 5.91 Å². The molecule has 1 heterocycles. The van der Waals surface area contributed by atoms with Gasteiger partial charge in [0.15, 0.2) is 0 Å². The molecule has 0 fully saturated rings. The molecule has 0 radical (unpaired) electrons. The van der Waals surface area contributed by atoms with E-state index in [0.717, 1.165) is 16.9 Å². The summed E-state index contributed by atoms with van der Waals surface area (Å²) in [5.74, 6) is 0.207.